The van der Waals surface area contributed by atoms with Crippen LogP contribution < -0.4 is 5.32 Å². The summed E-state index contributed by atoms with van der Waals surface area (Å²) in [6.45, 7) is 0.998. The summed E-state index contributed by atoms with van der Waals surface area (Å²) in [7, 11) is 0. The van der Waals surface area contributed by atoms with Gasteiger partial charge in [0.2, 0.25) is 0 Å². The van der Waals surface area contributed by atoms with Crippen molar-refractivity contribution >= 4 is 11.3 Å². The number of benzene rings is 1. The largest absolute Gasteiger partial charge is 0.309 e. The van der Waals surface area contributed by atoms with Crippen LogP contribution >= 0.6 is 11.3 Å². The van der Waals surface area contributed by atoms with Gasteiger partial charge in [-0.1, -0.05) is 12.1 Å². The summed E-state index contributed by atoms with van der Waals surface area (Å²) >= 11 is 1.99. The van der Waals surface area contributed by atoms with Gasteiger partial charge in [0.15, 0.2) is 0 Å². The molecule has 0 amide bonds. The zero-order chi connectivity index (χ0) is 14.2. The molecule has 21 heavy (non-hydrogen) atoms. The van der Waals surface area contributed by atoms with Gasteiger partial charge in [0.25, 0.3) is 0 Å². The zero-order valence-electron chi connectivity index (χ0n) is 12.1. The lowest BCUT2D eigenvalue weighted by Gasteiger charge is -2.36. The second kappa shape index (κ2) is 5.54. The summed E-state index contributed by atoms with van der Waals surface area (Å²) in [6, 6.07) is 10.1. The van der Waals surface area contributed by atoms with Gasteiger partial charge >= 0.3 is 0 Å². The molecule has 2 aliphatic carbocycles. The number of rotatable bonds is 4. The molecule has 1 N–H and O–H groups in total. The van der Waals surface area contributed by atoms with Crippen LogP contribution in [0.5, 0.6) is 0 Å². The summed E-state index contributed by atoms with van der Waals surface area (Å²) in [5, 5.41) is 3.66. The maximum atomic E-state index is 13.2. The second-order valence-corrected chi connectivity index (χ2v) is 7.54. The molecule has 0 bridgehead atoms. The van der Waals surface area contributed by atoms with E-state index in [4.69, 9.17) is 0 Å². The number of aryl methyl sites for hydroxylation is 2. The van der Waals surface area contributed by atoms with Crippen molar-refractivity contribution < 1.29 is 4.39 Å². The van der Waals surface area contributed by atoms with Crippen molar-refractivity contribution in [2.75, 3.05) is 0 Å². The molecular weight excluding hydrogens is 281 g/mol. The van der Waals surface area contributed by atoms with Crippen molar-refractivity contribution in [1.82, 2.24) is 5.32 Å². The number of halogens is 1. The highest BCUT2D eigenvalue weighted by molar-refractivity contribution is 7.12. The van der Waals surface area contributed by atoms with E-state index in [1.807, 2.05) is 23.5 Å². The lowest BCUT2D eigenvalue weighted by Crippen LogP contribution is -2.39. The molecule has 4 rings (SSSR count). The third kappa shape index (κ3) is 2.77. The van der Waals surface area contributed by atoms with Crippen LogP contribution in [0.3, 0.4) is 0 Å². The molecule has 0 saturated heterocycles. The standard InChI is InChI=1S/C18H20FNS/c19-15-5-1-3-12(7-15)14-8-16(9-14)20-11-17-10-13-4-2-6-18(13)21-17/h1,3,5,7,10,14,16,20H,2,4,6,8-9,11H2. The summed E-state index contributed by atoms with van der Waals surface area (Å²) in [4.78, 5) is 3.09. The first kappa shape index (κ1) is 13.5. The molecule has 110 valence electrons. The number of thiophene rings is 1. The Morgan fingerprint density at radius 3 is 2.90 bits per heavy atom. The Morgan fingerprint density at radius 2 is 2.10 bits per heavy atom. The van der Waals surface area contributed by atoms with Crippen LogP contribution in [0.25, 0.3) is 0 Å². The van der Waals surface area contributed by atoms with E-state index in [-0.39, 0.29) is 5.82 Å². The summed E-state index contributed by atoms with van der Waals surface area (Å²) < 4.78 is 13.2. The molecule has 0 atom stereocenters. The van der Waals surface area contributed by atoms with Crippen LogP contribution in [0, 0.1) is 5.82 Å². The zero-order valence-corrected chi connectivity index (χ0v) is 12.9. The molecule has 0 radical (unpaired) electrons. The van der Waals surface area contributed by atoms with Gasteiger partial charge in [0.1, 0.15) is 5.82 Å². The van der Waals surface area contributed by atoms with E-state index in [1.54, 1.807) is 16.5 Å². The van der Waals surface area contributed by atoms with Crippen molar-refractivity contribution in [2.24, 2.45) is 0 Å². The molecule has 1 heterocycles. The average Bonchev–Trinajstić information content (AvgIpc) is 2.97. The van der Waals surface area contributed by atoms with Gasteiger partial charge in [-0.05, 0) is 67.3 Å². The lowest BCUT2D eigenvalue weighted by atomic mass is 9.76. The number of nitrogens with one attached hydrogen (secondary N) is 1. The third-order valence-corrected chi connectivity index (χ3v) is 6.06. The molecule has 2 aromatic rings. The monoisotopic (exact) mass is 301 g/mol. The highest BCUT2D eigenvalue weighted by Crippen LogP contribution is 2.37. The molecule has 1 aromatic carbocycles. The van der Waals surface area contributed by atoms with E-state index >= 15 is 0 Å². The van der Waals surface area contributed by atoms with Crippen molar-refractivity contribution in [3.8, 4) is 0 Å². The quantitative estimate of drug-likeness (QED) is 0.882. The SMILES string of the molecule is Fc1cccc(C2CC(NCc3cc4c(s3)CCC4)C2)c1. The fourth-order valence-corrected chi connectivity index (χ4v) is 4.75. The molecule has 0 unspecified atom stereocenters. The molecule has 0 aliphatic heterocycles. The molecule has 1 nitrogen and oxygen atoms in total. The fourth-order valence-electron chi connectivity index (χ4n) is 3.54. The van der Waals surface area contributed by atoms with E-state index in [1.165, 1.54) is 30.2 Å². The van der Waals surface area contributed by atoms with Crippen molar-refractivity contribution in [3.05, 3.63) is 57.0 Å². The van der Waals surface area contributed by atoms with Crippen LogP contribution in [0.1, 0.15) is 46.1 Å². The topological polar surface area (TPSA) is 12.0 Å². The van der Waals surface area contributed by atoms with E-state index in [2.05, 4.69) is 11.4 Å². The van der Waals surface area contributed by atoms with Crippen LogP contribution in [0.2, 0.25) is 0 Å². The Hall–Kier alpha value is -1.19. The normalized spacial score (nSPS) is 23.9. The molecular formula is C18H20FNS. The Morgan fingerprint density at radius 1 is 1.19 bits per heavy atom. The second-order valence-electron chi connectivity index (χ2n) is 6.32. The Labute approximate surface area is 129 Å². The van der Waals surface area contributed by atoms with E-state index in [9.17, 15) is 4.39 Å². The van der Waals surface area contributed by atoms with Gasteiger partial charge in [-0.2, -0.15) is 0 Å². The minimum atomic E-state index is -0.114. The Kier molecular flexibility index (Phi) is 3.56. The van der Waals surface area contributed by atoms with Gasteiger partial charge in [-0.3, -0.25) is 0 Å². The fraction of sp³-hybridized carbons (Fsp3) is 0.444. The predicted octanol–water partition coefficient (Wildman–Crippen LogP) is 4.41. The van der Waals surface area contributed by atoms with E-state index in [0.717, 1.165) is 24.9 Å². The minimum absolute atomic E-state index is 0.114. The predicted molar refractivity (Wildman–Crippen MR) is 85.3 cm³/mol. The first-order valence-corrected chi connectivity index (χ1v) is 8.69. The van der Waals surface area contributed by atoms with E-state index in [0.29, 0.717) is 12.0 Å². The summed E-state index contributed by atoms with van der Waals surface area (Å²) in [5.74, 6) is 0.420. The highest BCUT2D eigenvalue weighted by Gasteiger charge is 2.30. The van der Waals surface area contributed by atoms with E-state index < -0.39 is 0 Å². The maximum absolute atomic E-state index is 13.2. The van der Waals surface area contributed by atoms with Crippen LogP contribution in [-0.4, -0.2) is 6.04 Å². The molecule has 1 saturated carbocycles. The third-order valence-electron chi connectivity index (χ3n) is 4.82. The lowest BCUT2D eigenvalue weighted by molar-refractivity contribution is 0.289. The maximum Gasteiger partial charge on any atom is 0.123 e. The molecule has 0 spiro atoms. The Balaban J connectivity index is 1.28. The molecule has 1 aromatic heterocycles. The average molecular weight is 301 g/mol. The van der Waals surface area contributed by atoms with Crippen LogP contribution in [0.4, 0.5) is 4.39 Å². The van der Waals surface area contributed by atoms with Gasteiger partial charge in [-0.15, -0.1) is 11.3 Å². The minimum Gasteiger partial charge on any atom is -0.309 e. The smallest absolute Gasteiger partial charge is 0.123 e. The highest BCUT2D eigenvalue weighted by atomic mass is 32.1. The number of fused-ring (bicyclic) bond motifs is 1. The van der Waals surface area contributed by atoms with Gasteiger partial charge in [-0.25, -0.2) is 4.39 Å². The number of hydrogen-bond acceptors (Lipinski definition) is 2. The van der Waals surface area contributed by atoms with Crippen LogP contribution in [-0.2, 0) is 19.4 Å². The first-order chi connectivity index (χ1) is 10.3. The van der Waals surface area contributed by atoms with Crippen molar-refractivity contribution in [2.45, 2.75) is 50.6 Å². The summed E-state index contributed by atoms with van der Waals surface area (Å²) in [5.41, 5.74) is 2.74. The molecule has 2 aliphatic rings. The number of hydrogen-bond donors (Lipinski definition) is 1. The first-order valence-electron chi connectivity index (χ1n) is 7.87. The van der Waals surface area contributed by atoms with Crippen molar-refractivity contribution in [1.29, 1.82) is 0 Å². The molecule has 1 fully saturated rings. The van der Waals surface area contributed by atoms with Gasteiger partial charge < -0.3 is 5.32 Å². The van der Waals surface area contributed by atoms with Crippen LogP contribution in [0.15, 0.2) is 30.3 Å². The van der Waals surface area contributed by atoms with Gasteiger partial charge in [0.05, 0.1) is 0 Å². The Bertz CT molecular complexity index is 621. The molecule has 3 heteroatoms. The summed E-state index contributed by atoms with van der Waals surface area (Å²) in [6.07, 6.45) is 6.16. The van der Waals surface area contributed by atoms with Gasteiger partial charge in [0, 0.05) is 22.3 Å². The van der Waals surface area contributed by atoms with Crippen molar-refractivity contribution in [3.63, 3.8) is 0 Å².